The van der Waals surface area contributed by atoms with Gasteiger partial charge in [0.1, 0.15) is 27.6 Å². The molecule has 1 amide bonds. The molecular weight excluding hydrogens is 466 g/mol. The number of thiophene rings is 1. The molecule has 0 radical (unpaired) electrons. The molecule has 3 aromatic heterocycles. The van der Waals surface area contributed by atoms with Crippen LogP contribution in [0.5, 0.6) is 16.7 Å². The van der Waals surface area contributed by atoms with Crippen LogP contribution in [0.4, 0.5) is 0 Å². The lowest BCUT2D eigenvalue weighted by Crippen LogP contribution is -2.21. The summed E-state index contributed by atoms with van der Waals surface area (Å²) in [6.07, 6.45) is 5.06. The molecular formula is C23H18ClN3O3S2. The molecule has 0 bridgehead atoms. The lowest BCUT2D eigenvalue weighted by atomic mass is 9.99. The number of fused-ring (bicyclic) bond motifs is 1. The number of nitrogens with one attached hydrogen (secondary N) is 1. The molecule has 0 fully saturated rings. The van der Waals surface area contributed by atoms with Crippen molar-refractivity contribution in [1.82, 2.24) is 15.3 Å². The van der Waals surface area contributed by atoms with Crippen LogP contribution in [0, 0.1) is 0 Å². The first-order chi connectivity index (χ1) is 15.6. The number of carbonyl (C=O) groups excluding carboxylic acids is 1. The van der Waals surface area contributed by atoms with Crippen molar-refractivity contribution in [2.45, 2.75) is 25.5 Å². The maximum absolute atomic E-state index is 12.4. The van der Waals surface area contributed by atoms with Gasteiger partial charge in [-0.15, -0.1) is 0 Å². The Morgan fingerprint density at radius 2 is 2.19 bits per heavy atom. The highest BCUT2D eigenvalue weighted by molar-refractivity contribution is 7.15. The monoisotopic (exact) mass is 483 g/mol. The first-order valence-electron chi connectivity index (χ1n) is 9.98. The number of hydrogen-bond acceptors (Lipinski definition) is 7. The van der Waals surface area contributed by atoms with Gasteiger partial charge in [-0.05, 0) is 71.1 Å². The molecule has 5 rings (SSSR count). The molecule has 4 heterocycles. The summed E-state index contributed by atoms with van der Waals surface area (Å²) in [6, 6.07) is 11.4. The number of carbonyl (C=O) groups is 1. The zero-order valence-corrected chi connectivity index (χ0v) is 19.2. The molecule has 4 aromatic rings. The van der Waals surface area contributed by atoms with Crippen LogP contribution in [0.2, 0.25) is 5.15 Å². The summed E-state index contributed by atoms with van der Waals surface area (Å²) in [4.78, 5) is 21.1. The summed E-state index contributed by atoms with van der Waals surface area (Å²) in [5.74, 6) is 1.34. The molecule has 1 atom stereocenters. The van der Waals surface area contributed by atoms with Gasteiger partial charge in [0, 0.05) is 18.3 Å². The van der Waals surface area contributed by atoms with Crippen LogP contribution in [-0.2, 0) is 13.0 Å². The topological polar surface area (TPSA) is 73.3 Å². The van der Waals surface area contributed by atoms with Crippen molar-refractivity contribution >= 4 is 40.2 Å². The average Bonchev–Trinajstić information content (AvgIpc) is 3.50. The van der Waals surface area contributed by atoms with Gasteiger partial charge < -0.3 is 14.8 Å². The van der Waals surface area contributed by atoms with Crippen LogP contribution < -0.4 is 14.8 Å². The summed E-state index contributed by atoms with van der Waals surface area (Å²) in [7, 11) is 0. The van der Waals surface area contributed by atoms with E-state index in [-0.39, 0.29) is 12.0 Å². The van der Waals surface area contributed by atoms with Crippen molar-refractivity contribution in [3.05, 3.63) is 86.3 Å². The number of nitrogens with zero attached hydrogens (tertiary/aromatic N) is 2. The lowest BCUT2D eigenvalue weighted by molar-refractivity contribution is 0.0954. The number of aromatic nitrogens is 2. The summed E-state index contributed by atoms with van der Waals surface area (Å²) in [5.41, 5.74) is 3.21. The van der Waals surface area contributed by atoms with Crippen molar-refractivity contribution in [2.75, 3.05) is 0 Å². The van der Waals surface area contributed by atoms with E-state index in [2.05, 4.69) is 32.1 Å². The van der Waals surface area contributed by atoms with Gasteiger partial charge >= 0.3 is 0 Å². The third-order valence-electron chi connectivity index (χ3n) is 5.05. The van der Waals surface area contributed by atoms with Crippen LogP contribution in [0.25, 0.3) is 0 Å². The third kappa shape index (κ3) is 4.77. The minimum atomic E-state index is -0.219. The summed E-state index contributed by atoms with van der Waals surface area (Å²) in [5, 5.41) is 7.86. The van der Waals surface area contributed by atoms with E-state index in [9.17, 15) is 4.79 Å². The molecule has 32 heavy (non-hydrogen) atoms. The highest BCUT2D eigenvalue weighted by Crippen LogP contribution is 2.38. The second kappa shape index (κ2) is 9.28. The average molecular weight is 484 g/mol. The maximum atomic E-state index is 12.4. The Labute approximate surface area is 197 Å². The largest absolute Gasteiger partial charge is 0.485 e. The highest BCUT2D eigenvalue weighted by atomic mass is 35.5. The molecule has 1 aliphatic rings. The normalized spacial score (nSPS) is 15.0. The van der Waals surface area contributed by atoms with E-state index < -0.39 is 0 Å². The Morgan fingerprint density at radius 1 is 1.25 bits per heavy atom. The van der Waals surface area contributed by atoms with Gasteiger partial charge in [-0.1, -0.05) is 22.9 Å². The fourth-order valence-corrected chi connectivity index (χ4v) is 5.05. The zero-order chi connectivity index (χ0) is 21.9. The molecule has 0 aliphatic carbocycles. The standard InChI is InChI=1S/C23H18ClN3O3S2/c24-21-9-14(5-7-25-21)11-26-22(28)20-12-27-23(32-20)29-17-2-4-18-15(10-17)1-3-19(30-18)16-6-8-31-13-16/h2,4-10,12-13,19H,1,3,11H2,(H,26,28). The van der Waals surface area contributed by atoms with Gasteiger partial charge in [-0.3, -0.25) is 4.79 Å². The van der Waals surface area contributed by atoms with E-state index in [0.717, 1.165) is 29.7 Å². The second-order valence-electron chi connectivity index (χ2n) is 7.23. The van der Waals surface area contributed by atoms with Crippen LogP contribution in [0.3, 0.4) is 0 Å². The molecule has 0 saturated heterocycles. The van der Waals surface area contributed by atoms with Gasteiger partial charge in [0.2, 0.25) is 0 Å². The van der Waals surface area contributed by atoms with Crippen LogP contribution >= 0.6 is 34.3 Å². The van der Waals surface area contributed by atoms with Crippen molar-refractivity contribution in [3.63, 3.8) is 0 Å². The van der Waals surface area contributed by atoms with Crippen molar-refractivity contribution in [1.29, 1.82) is 0 Å². The van der Waals surface area contributed by atoms with Gasteiger partial charge in [-0.25, -0.2) is 9.97 Å². The zero-order valence-electron chi connectivity index (χ0n) is 16.8. The number of benzene rings is 1. The predicted octanol–water partition coefficient (Wildman–Crippen LogP) is 6.04. The molecule has 1 N–H and O–H groups in total. The van der Waals surface area contributed by atoms with Gasteiger partial charge in [0.05, 0.1) is 6.20 Å². The number of hydrogen-bond donors (Lipinski definition) is 1. The molecule has 1 unspecified atom stereocenters. The smallest absolute Gasteiger partial charge is 0.279 e. The number of halogens is 1. The fraction of sp³-hybridized carbons (Fsp3) is 0.174. The minimum Gasteiger partial charge on any atom is -0.485 e. The van der Waals surface area contributed by atoms with Crippen molar-refractivity contribution in [2.24, 2.45) is 0 Å². The quantitative estimate of drug-likeness (QED) is 0.338. The first kappa shape index (κ1) is 20.9. The van der Waals surface area contributed by atoms with Crippen molar-refractivity contribution in [3.8, 4) is 16.7 Å². The van der Waals surface area contributed by atoms with Crippen LogP contribution in [0.1, 0.15) is 38.9 Å². The molecule has 1 aromatic carbocycles. The number of ether oxygens (including phenoxy) is 2. The van der Waals surface area contributed by atoms with E-state index in [4.69, 9.17) is 21.1 Å². The molecule has 1 aliphatic heterocycles. The summed E-state index contributed by atoms with van der Waals surface area (Å²) in [6.45, 7) is 0.354. The maximum Gasteiger partial charge on any atom is 0.279 e. The number of aryl methyl sites for hydroxylation is 1. The van der Waals surface area contributed by atoms with E-state index >= 15 is 0 Å². The first-order valence-corrected chi connectivity index (χ1v) is 12.1. The summed E-state index contributed by atoms with van der Waals surface area (Å²) < 4.78 is 12.1. The number of thiazole rings is 1. The van der Waals surface area contributed by atoms with E-state index in [1.165, 1.54) is 23.1 Å². The second-order valence-corrected chi connectivity index (χ2v) is 9.39. The van der Waals surface area contributed by atoms with Gasteiger partial charge in [0.15, 0.2) is 0 Å². The fourth-order valence-electron chi connectivity index (χ4n) is 3.45. The molecule has 0 spiro atoms. The van der Waals surface area contributed by atoms with Gasteiger partial charge in [0.25, 0.3) is 11.1 Å². The molecule has 162 valence electrons. The Kier molecular flexibility index (Phi) is 6.07. The Hall–Kier alpha value is -2.94. The molecule has 6 nitrogen and oxygen atoms in total. The van der Waals surface area contributed by atoms with Crippen molar-refractivity contribution < 1.29 is 14.3 Å². The predicted molar refractivity (Wildman–Crippen MR) is 125 cm³/mol. The molecule has 9 heteroatoms. The van der Waals surface area contributed by atoms with Gasteiger partial charge in [-0.2, -0.15) is 11.3 Å². The third-order valence-corrected chi connectivity index (χ3v) is 6.83. The Bertz CT molecular complexity index is 1240. The SMILES string of the molecule is O=C(NCc1ccnc(Cl)c1)c1cnc(Oc2ccc3c(c2)CCC(c2ccsc2)O3)s1. The van der Waals surface area contributed by atoms with Crippen LogP contribution in [-0.4, -0.2) is 15.9 Å². The van der Waals surface area contributed by atoms with E-state index in [1.54, 1.807) is 29.7 Å². The number of pyridine rings is 1. The summed E-state index contributed by atoms with van der Waals surface area (Å²) >= 11 is 8.76. The van der Waals surface area contributed by atoms with Crippen LogP contribution in [0.15, 0.2) is 59.6 Å². The molecule has 0 saturated carbocycles. The van der Waals surface area contributed by atoms with E-state index in [0.29, 0.717) is 27.5 Å². The van der Waals surface area contributed by atoms with E-state index in [1.807, 2.05) is 18.2 Å². The highest BCUT2D eigenvalue weighted by Gasteiger charge is 2.22. The lowest BCUT2D eigenvalue weighted by Gasteiger charge is -2.26. The number of rotatable bonds is 6. The Balaban J connectivity index is 1.21. The Morgan fingerprint density at radius 3 is 3.03 bits per heavy atom. The number of amides is 1. The minimum absolute atomic E-state index is 0.101.